The Bertz CT molecular complexity index is 354. The van der Waals surface area contributed by atoms with E-state index in [-0.39, 0.29) is 5.95 Å². The van der Waals surface area contributed by atoms with Gasteiger partial charge in [-0.05, 0) is 0 Å². The highest BCUT2D eigenvalue weighted by Crippen LogP contribution is 2.14. The van der Waals surface area contributed by atoms with E-state index in [2.05, 4.69) is 15.4 Å². The molecule has 0 unspecified atom stereocenters. The number of nitrogens with one attached hydrogen (secondary N) is 1. The Hall–Kier alpha value is -1.60. The molecular weight excluding hydrogens is 210 g/mol. The highest BCUT2D eigenvalue weighted by Gasteiger charge is 2.11. The zero-order valence-corrected chi connectivity index (χ0v) is 9.14. The van der Waals surface area contributed by atoms with Crippen molar-refractivity contribution in [2.45, 2.75) is 0 Å². The van der Waals surface area contributed by atoms with Gasteiger partial charge in [-0.3, -0.25) is 0 Å². The van der Waals surface area contributed by atoms with Crippen molar-refractivity contribution in [3.8, 4) is 5.88 Å². The van der Waals surface area contributed by atoms with Crippen LogP contribution in [-0.2, 0) is 4.74 Å². The summed E-state index contributed by atoms with van der Waals surface area (Å²) in [5.41, 5.74) is 8.69. The molecule has 3 N–H and O–H groups in total. The summed E-state index contributed by atoms with van der Waals surface area (Å²) in [4.78, 5) is 7.98. The van der Waals surface area contributed by atoms with Gasteiger partial charge in [-0.15, -0.1) is 0 Å². The van der Waals surface area contributed by atoms with Crippen LogP contribution in [0.25, 0.3) is 0 Å². The maximum absolute atomic E-state index is 5.55. The first-order valence-electron chi connectivity index (χ1n) is 5.06. The van der Waals surface area contributed by atoms with Crippen molar-refractivity contribution in [3.63, 3.8) is 0 Å². The monoisotopic (exact) mass is 225 g/mol. The van der Waals surface area contributed by atoms with Crippen LogP contribution in [0.4, 0.5) is 11.8 Å². The van der Waals surface area contributed by atoms with Gasteiger partial charge in [-0.2, -0.15) is 9.97 Å². The van der Waals surface area contributed by atoms with Crippen molar-refractivity contribution in [1.29, 1.82) is 0 Å². The van der Waals surface area contributed by atoms with Crippen molar-refractivity contribution in [2.75, 3.05) is 44.6 Å². The second-order valence-corrected chi connectivity index (χ2v) is 3.36. The summed E-state index contributed by atoms with van der Waals surface area (Å²) in [6.45, 7) is 3.05. The van der Waals surface area contributed by atoms with Gasteiger partial charge in [0.25, 0.3) is 0 Å². The molecule has 1 aromatic rings. The molecule has 1 aromatic heterocycles. The topological polar surface area (TPSA) is 85.5 Å². The fourth-order valence-corrected chi connectivity index (χ4v) is 1.44. The van der Waals surface area contributed by atoms with E-state index in [9.17, 15) is 0 Å². The third-order valence-electron chi connectivity index (χ3n) is 2.21. The van der Waals surface area contributed by atoms with Crippen molar-refractivity contribution in [2.24, 2.45) is 0 Å². The predicted molar refractivity (Wildman–Crippen MR) is 59.0 cm³/mol. The number of nitrogens with two attached hydrogens (primary N) is 1. The van der Waals surface area contributed by atoms with E-state index < -0.39 is 0 Å². The van der Waals surface area contributed by atoms with Crippen LogP contribution in [0, 0.1) is 0 Å². The van der Waals surface area contributed by atoms with Crippen LogP contribution in [0.1, 0.15) is 0 Å². The van der Waals surface area contributed by atoms with E-state index in [1.54, 1.807) is 13.2 Å². The molecular formula is C9H15N5O2. The highest BCUT2D eigenvalue weighted by molar-refractivity contribution is 5.41. The molecule has 7 nitrogen and oxygen atoms in total. The molecule has 0 radical (unpaired) electrons. The molecule has 2 heterocycles. The molecule has 16 heavy (non-hydrogen) atoms. The van der Waals surface area contributed by atoms with Gasteiger partial charge in [0.1, 0.15) is 5.82 Å². The maximum atomic E-state index is 5.55. The Morgan fingerprint density at radius 3 is 2.88 bits per heavy atom. The van der Waals surface area contributed by atoms with E-state index in [4.69, 9.17) is 15.2 Å². The lowest BCUT2D eigenvalue weighted by atomic mass is 10.5. The highest BCUT2D eigenvalue weighted by atomic mass is 16.5. The van der Waals surface area contributed by atoms with Crippen molar-refractivity contribution in [1.82, 2.24) is 15.0 Å². The average Bonchev–Trinajstić information content (AvgIpc) is 2.29. The van der Waals surface area contributed by atoms with Crippen LogP contribution in [-0.4, -0.2) is 48.4 Å². The van der Waals surface area contributed by atoms with Gasteiger partial charge in [-0.25, -0.2) is 5.01 Å². The zero-order valence-electron chi connectivity index (χ0n) is 9.14. The smallest absolute Gasteiger partial charge is 0.225 e. The molecule has 0 bridgehead atoms. The third-order valence-corrected chi connectivity index (χ3v) is 2.21. The minimum absolute atomic E-state index is 0.190. The summed E-state index contributed by atoms with van der Waals surface area (Å²) >= 11 is 0. The summed E-state index contributed by atoms with van der Waals surface area (Å²) in [7, 11) is 1.54. The normalized spacial score (nSPS) is 17.1. The van der Waals surface area contributed by atoms with Crippen molar-refractivity contribution in [3.05, 3.63) is 6.07 Å². The lowest BCUT2D eigenvalue weighted by Gasteiger charge is -2.27. The fraction of sp³-hybridized carbons (Fsp3) is 0.556. The molecule has 0 amide bonds. The van der Waals surface area contributed by atoms with E-state index in [1.165, 1.54) is 0 Å². The minimum Gasteiger partial charge on any atom is -0.481 e. The first kappa shape index (κ1) is 10.9. The Morgan fingerprint density at radius 1 is 1.44 bits per heavy atom. The van der Waals surface area contributed by atoms with Gasteiger partial charge in [0.05, 0.1) is 20.3 Å². The van der Waals surface area contributed by atoms with Gasteiger partial charge >= 0.3 is 0 Å². The Balaban J connectivity index is 2.04. The number of hydrazine groups is 1. The van der Waals surface area contributed by atoms with Gasteiger partial charge in [0.15, 0.2) is 0 Å². The molecule has 0 spiro atoms. The molecule has 0 aliphatic carbocycles. The molecule has 2 rings (SSSR count). The van der Waals surface area contributed by atoms with E-state index in [1.807, 2.05) is 5.01 Å². The molecule has 0 atom stereocenters. The van der Waals surface area contributed by atoms with Crippen LogP contribution in [0.3, 0.4) is 0 Å². The number of aromatic nitrogens is 2. The van der Waals surface area contributed by atoms with E-state index >= 15 is 0 Å². The van der Waals surface area contributed by atoms with Crippen LogP contribution < -0.4 is 15.9 Å². The summed E-state index contributed by atoms with van der Waals surface area (Å²) < 4.78 is 10.3. The third kappa shape index (κ3) is 2.71. The summed E-state index contributed by atoms with van der Waals surface area (Å²) in [5, 5.41) is 2.02. The van der Waals surface area contributed by atoms with Crippen molar-refractivity contribution >= 4 is 11.8 Å². The van der Waals surface area contributed by atoms with Gasteiger partial charge < -0.3 is 20.6 Å². The Morgan fingerprint density at radius 2 is 2.19 bits per heavy atom. The van der Waals surface area contributed by atoms with Gasteiger partial charge in [-0.1, -0.05) is 0 Å². The second-order valence-electron chi connectivity index (χ2n) is 3.36. The minimum atomic E-state index is 0.190. The first-order valence-corrected chi connectivity index (χ1v) is 5.06. The molecule has 0 aromatic carbocycles. The average molecular weight is 225 g/mol. The molecule has 0 saturated carbocycles. The molecule has 1 saturated heterocycles. The number of methoxy groups -OCH3 is 1. The van der Waals surface area contributed by atoms with Crippen LogP contribution in [0.2, 0.25) is 0 Å². The van der Waals surface area contributed by atoms with Gasteiger partial charge in [0.2, 0.25) is 11.8 Å². The van der Waals surface area contributed by atoms with Crippen molar-refractivity contribution < 1.29 is 9.47 Å². The zero-order chi connectivity index (χ0) is 11.4. The van der Waals surface area contributed by atoms with Crippen LogP contribution in [0.5, 0.6) is 5.88 Å². The number of anilines is 2. The molecule has 88 valence electrons. The van der Waals surface area contributed by atoms with E-state index in [0.717, 1.165) is 13.1 Å². The predicted octanol–water partition coefficient (Wildman–Crippen LogP) is -0.273. The summed E-state index contributed by atoms with van der Waals surface area (Å²) in [6.07, 6.45) is 0. The number of morpholine rings is 1. The first-order chi connectivity index (χ1) is 7.78. The molecule has 7 heteroatoms. The number of hydrogen-bond donors (Lipinski definition) is 2. The summed E-state index contributed by atoms with van der Waals surface area (Å²) in [5.74, 6) is 1.27. The molecule has 1 aliphatic heterocycles. The second kappa shape index (κ2) is 4.95. The lowest BCUT2D eigenvalue weighted by molar-refractivity contribution is 0.0495. The largest absolute Gasteiger partial charge is 0.481 e. The Labute approximate surface area is 93.5 Å². The SMILES string of the molecule is COc1cc(NN2CCOCC2)nc(N)n1. The van der Waals surface area contributed by atoms with Crippen LogP contribution in [0.15, 0.2) is 6.07 Å². The molecule has 1 fully saturated rings. The number of nitrogen functional groups attached to an aromatic ring is 1. The fourth-order valence-electron chi connectivity index (χ4n) is 1.44. The molecule has 1 aliphatic rings. The number of ether oxygens (including phenoxy) is 2. The van der Waals surface area contributed by atoms with E-state index in [0.29, 0.717) is 24.9 Å². The number of hydrogen-bond acceptors (Lipinski definition) is 7. The van der Waals surface area contributed by atoms with Gasteiger partial charge in [0, 0.05) is 19.2 Å². The number of nitrogens with zero attached hydrogens (tertiary/aromatic N) is 3. The quantitative estimate of drug-likeness (QED) is 0.732. The maximum Gasteiger partial charge on any atom is 0.225 e. The Kier molecular flexibility index (Phi) is 3.37. The number of rotatable bonds is 3. The summed E-state index contributed by atoms with van der Waals surface area (Å²) in [6, 6.07) is 1.70. The lowest BCUT2D eigenvalue weighted by Crippen LogP contribution is -2.40. The standard InChI is InChI=1S/C9H15N5O2/c1-15-8-6-7(11-9(10)12-8)13-14-2-4-16-5-3-14/h6H,2-5H2,1H3,(H3,10,11,12,13). The van der Waals surface area contributed by atoms with Crippen LogP contribution >= 0.6 is 0 Å².